The highest BCUT2D eigenvalue weighted by atomic mass is 15.2. The lowest BCUT2D eigenvalue weighted by molar-refractivity contribution is 0.511. The van der Waals surface area contributed by atoms with Crippen LogP contribution in [0.5, 0.6) is 0 Å². The molecule has 1 saturated heterocycles. The quantitative estimate of drug-likeness (QED) is 0.492. The monoisotopic (exact) mass is 138 g/mol. The summed E-state index contributed by atoms with van der Waals surface area (Å²) < 4.78 is 0. The van der Waals surface area contributed by atoms with E-state index in [1.807, 2.05) is 0 Å². The largest absolute Gasteiger partial charge is 0.360 e. The number of aliphatic imine (C=N–C) groups is 1. The summed E-state index contributed by atoms with van der Waals surface area (Å²) in [5, 5.41) is 0. The zero-order chi connectivity index (χ0) is 6.81. The minimum absolute atomic E-state index is 1.08. The van der Waals surface area contributed by atoms with Gasteiger partial charge in [0.2, 0.25) is 0 Å². The molecule has 0 aromatic rings. The molecule has 2 aliphatic rings. The highest BCUT2D eigenvalue weighted by molar-refractivity contribution is 5.83. The van der Waals surface area contributed by atoms with Gasteiger partial charge in [-0.05, 0) is 19.3 Å². The van der Waals surface area contributed by atoms with Gasteiger partial charge in [-0.25, -0.2) is 0 Å². The second-order valence-electron chi connectivity index (χ2n) is 3.10. The summed E-state index contributed by atoms with van der Waals surface area (Å²) in [7, 11) is 0. The lowest BCUT2D eigenvalue weighted by atomic mass is 10.3. The third-order valence-corrected chi connectivity index (χ3v) is 2.32. The van der Waals surface area contributed by atoms with Crippen LogP contribution in [0.15, 0.2) is 4.99 Å². The molecule has 2 heteroatoms. The van der Waals surface area contributed by atoms with E-state index in [1.54, 1.807) is 0 Å². The van der Waals surface area contributed by atoms with Gasteiger partial charge in [0.15, 0.2) is 0 Å². The van der Waals surface area contributed by atoms with Gasteiger partial charge in [-0.2, -0.15) is 0 Å². The van der Waals surface area contributed by atoms with Crippen LogP contribution >= 0.6 is 0 Å². The van der Waals surface area contributed by atoms with E-state index in [0.717, 1.165) is 6.54 Å². The van der Waals surface area contributed by atoms with Crippen molar-refractivity contribution in [3.05, 3.63) is 0 Å². The molecule has 2 rings (SSSR count). The molecule has 0 saturated carbocycles. The molecule has 0 N–H and O–H groups in total. The summed E-state index contributed by atoms with van der Waals surface area (Å²) in [5.41, 5.74) is 0. The Bertz CT molecular complexity index is 145. The van der Waals surface area contributed by atoms with E-state index in [9.17, 15) is 0 Å². The van der Waals surface area contributed by atoms with Gasteiger partial charge < -0.3 is 4.90 Å². The van der Waals surface area contributed by atoms with E-state index in [-0.39, 0.29) is 0 Å². The predicted molar refractivity (Wildman–Crippen MR) is 42.3 cm³/mol. The summed E-state index contributed by atoms with van der Waals surface area (Å²) in [6.45, 7) is 3.60. The maximum Gasteiger partial charge on any atom is 0.0989 e. The fourth-order valence-electron chi connectivity index (χ4n) is 1.76. The number of likely N-dealkylation sites (tertiary alicyclic amines) is 1. The van der Waals surface area contributed by atoms with Crippen LogP contribution in [0.3, 0.4) is 0 Å². The Morgan fingerprint density at radius 2 is 1.90 bits per heavy atom. The van der Waals surface area contributed by atoms with Gasteiger partial charge in [-0.1, -0.05) is 0 Å². The first kappa shape index (κ1) is 6.20. The second kappa shape index (κ2) is 2.60. The molecule has 0 bridgehead atoms. The second-order valence-corrected chi connectivity index (χ2v) is 3.10. The van der Waals surface area contributed by atoms with Crippen LogP contribution in [0, 0.1) is 0 Å². The van der Waals surface area contributed by atoms with Gasteiger partial charge in [0.05, 0.1) is 5.84 Å². The molecule has 56 valence electrons. The average molecular weight is 138 g/mol. The van der Waals surface area contributed by atoms with Crippen molar-refractivity contribution in [2.24, 2.45) is 4.99 Å². The fourth-order valence-corrected chi connectivity index (χ4v) is 1.76. The molecule has 2 aliphatic heterocycles. The molecule has 0 aromatic carbocycles. The van der Waals surface area contributed by atoms with Crippen LogP contribution in [0.4, 0.5) is 0 Å². The van der Waals surface area contributed by atoms with E-state index in [4.69, 9.17) is 0 Å². The van der Waals surface area contributed by atoms with Crippen molar-refractivity contribution in [2.45, 2.75) is 25.7 Å². The summed E-state index contributed by atoms with van der Waals surface area (Å²) in [5.74, 6) is 1.39. The minimum atomic E-state index is 1.08. The Morgan fingerprint density at radius 3 is 2.50 bits per heavy atom. The number of amidine groups is 1. The first-order valence-corrected chi connectivity index (χ1v) is 4.25. The van der Waals surface area contributed by atoms with Crippen molar-refractivity contribution in [3.8, 4) is 0 Å². The maximum absolute atomic E-state index is 4.46. The van der Waals surface area contributed by atoms with Gasteiger partial charge in [0.25, 0.3) is 0 Å². The van der Waals surface area contributed by atoms with E-state index in [1.165, 1.54) is 44.6 Å². The van der Waals surface area contributed by atoms with E-state index in [0.29, 0.717) is 0 Å². The minimum Gasteiger partial charge on any atom is -0.360 e. The molecule has 0 radical (unpaired) electrons. The molecular formula is C8H14N2. The van der Waals surface area contributed by atoms with Gasteiger partial charge in [-0.3, -0.25) is 4.99 Å². The zero-order valence-electron chi connectivity index (χ0n) is 6.34. The molecule has 10 heavy (non-hydrogen) atoms. The van der Waals surface area contributed by atoms with Crippen molar-refractivity contribution in [1.29, 1.82) is 0 Å². The molecule has 0 aromatic heterocycles. The smallest absolute Gasteiger partial charge is 0.0989 e. The Balaban J connectivity index is 1.97. The SMILES string of the molecule is C1CN=C(N2CCCC2)C1. The van der Waals surface area contributed by atoms with Crippen molar-refractivity contribution in [3.63, 3.8) is 0 Å². The summed E-state index contributed by atoms with van der Waals surface area (Å²) >= 11 is 0. The molecule has 2 heterocycles. The van der Waals surface area contributed by atoms with E-state index >= 15 is 0 Å². The standard InChI is InChI=1S/C8H14N2/c1-2-7-10(6-1)8-4-3-5-9-8/h1-7H2. The average Bonchev–Trinajstić information content (AvgIpc) is 2.59. The molecule has 1 fully saturated rings. The van der Waals surface area contributed by atoms with E-state index in [2.05, 4.69) is 9.89 Å². The van der Waals surface area contributed by atoms with Gasteiger partial charge in [-0.15, -0.1) is 0 Å². The first-order valence-electron chi connectivity index (χ1n) is 4.25. The van der Waals surface area contributed by atoms with Gasteiger partial charge in [0.1, 0.15) is 0 Å². The van der Waals surface area contributed by atoms with Crippen LogP contribution in [0.2, 0.25) is 0 Å². The normalized spacial score (nSPS) is 25.6. The molecular weight excluding hydrogens is 124 g/mol. The third-order valence-electron chi connectivity index (χ3n) is 2.32. The van der Waals surface area contributed by atoms with Crippen LogP contribution < -0.4 is 0 Å². The Kier molecular flexibility index (Phi) is 1.61. The Hall–Kier alpha value is -0.530. The lowest BCUT2D eigenvalue weighted by Crippen LogP contribution is -2.25. The van der Waals surface area contributed by atoms with Crippen LogP contribution in [0.1, 0.15) is 25.7 Å². The van der Waals surface area contributed by atoms with Crippen molar-refractivity contribution in [1.82, 2.24) is 4.90 Å². The fraction of sp³-hybridized carbons (Fsp3) is 0.875. The van der Waals surface area contributed by atoms with Crippen LogP contribution in [0.25, 0.3) is 0 Å². The summed E-state index contributed by atoms with van der Waals surface area (Å²) in [4.78, 5) is 6.91. The van der Waals surface area contributed by atoms with Crippen molar-refractivity contribution < 1.29 is 0 Å². The highest BCUT2D eigenvalue weighted by Gasteiger charge is 2.17. The highest BCUT2D eigenvalue weighted by Crippen LogP contribution is 2.14. The Morgan fingerprint density at radius 1 is 1.10 bits per heavy atom. The topological polar surface area (TPSA) is 15.6 Å². The molecule has 0 aliphatic carbocycles. The molecule has 0 atom stereocenters. The number of rotatable bonds is 0. The number of hydrogen-bond acceptors (Lipinski definition) is 2. The van der Waals surface area contributed by atoms with E-state index < -0.39 is 0 Å². The van der Waals surface area contributed by atoms with Gasteiger partial charge >= 0.3 is 0 Å². The van der Waals surface area contributed by atoms with Crippen LogP contribution in [-0.4, -0.2) is 30.4 Å². The predicted octanol–water partition coefficient (Wildman–Crippen LogP) is 1.27. The lowest BCUT2D eigenvalue weighted by Gasteiger charge is -2.16. The molecule has 2 nitrogen and oxygen atoms in total. The number of hydrogen-bond donors (Lipinski definition) is 0. The summed E-state index contributed by atoms with van der Waals surface area (Å²) in [6.07, 6.45) is 5.27. The zero-order valence-corrected chi connectivity index (χ0v) is 6.34. The molecule has 0 unspecified atom stereocenters. The summed E-state index contributed by atoms with van der Waals surface area (Å²) in [6, 6.07) is 0. The Labute approximate surface area is 61.9 Å². The van der Waals surface area contributed by atoms with Crippen molar-refractivity contribution >= 4 is 5.84 Å². The maximum atomic E-state index is 4.46. The van der Waals surface area contributed by atoms with Gasteiger partial charge in [0, 0.05) is 26.1 Å². The third kappa shape index (κ3) is 1.02. The first-order chi connectivity index (χ1) is 4.97. The molecule has 0 spiro atoms. The van der Waals surface area contributed by atoms with Crippen molar-refractivity contribution in [2.75, 3.05) is 19.6 Å². The number of nitrogens with zero attached hydrogens (tertiary/aromatic N) is 2. The van der Waals surface area contributed by atoms with Crippen LogP contribution in [-0.2, 0) is 0 Å². The molecule has 0 amide bonds.